The minimum Gasteiger partial charge on any atom is -0.492 e. The first-order chi connectivity index (χ1) is 13.8. The molecule has 0 aliphatic heterocycles. The largest absolute Gasteiger partial charge is 0.492 e. The highest BCUT2D eigenvalue weighted by Gasteiger charge is 2.22. The summed E-state index contributed by atoms with van der Waals surface area (Å²) < 4.78 is 35.3. The lowest BCUT2D eigenvalue weighted by molar-refractivity contribution is 0.140. The summed E-state index contributed by atoms with van der Waals surface area (Å²) >= 11 is 5.83. The smallest absolute Gasteiger partial charge is 0.277 e. The van der Waals surface area contributed by atoms with Crippen LogP contribution in [0.3, 0.4) is 0 Å². The number of oxazole rings is 1. The van der Waals surface area contributed by atoms with E-state index < -0.39 is 16.3 Å². The van der Waals surface area contributed by atoms with Crippen LogP contribution in [0.15, 0.2) is 65.6 Å². The molecule has 3 rings (SSSR count). The maximum Gasteiger partial charge on any atom is 0.277 e. The molecule has 1 aromatic heterocycles. The average Bonchev–Trinajstić information content (AvgIpc) is 3.22. The number of hydrogen-bond acceptors (Lipinski definition) is 6. The van der Waals surface area contributed by atoms with Gasteiger partial charge in [0.2, 0.25) is 0 Å². The van der Waals surface area contributed by atoms with Gasteiger partial charge >= 0.3 is 0 Å². The molecule has 0 aliphatic carbocycles. The zero-order valence-electron chi connectivity index (χ0n) is 15.3. The molecular weight excluding hydrogens is 418 g/mol. The zero-order chi connectivity index (χ0) is 20.9. The Morgan fingerprint density at radius 2 is 1.86 bits per heavy atom. The number of nitrogens with two attached hydrogens (primary N) is 1. The molecule has 154 valence electrons. The lowest BCUT2D eigenvalue weighted by atomic mass is 10.1. The summed E-state index contributed by atoms with van der Waals surface area (Å²) in [6.45, 7) is -0.156. The van der Waals surface area contributed by atoms with Gasteiger partial charge < -0.3 is 14.3 Å². The molecule has 3 aromatic rings. The molecule has 0 saturated carbocycles. The first kappa shape index (κ1) is 21.3. The summed E-state index contributed by atoms with van der Waals surface area (Å²) in [7, 11) is -4.02. The Morgan fingerprint density at radius 3 is 2.45 bits per heavy atom. The third kappa shape index (κ3) is 6.02. The van der Waals surface area contributed by atoms with E-state index in [4.69, 9.17) is 25.9 Å². The molecule has 0 bridgehead atoms. The number of halogens is 1. The third-order valence-electron chi connectivity index (χ3n) is 4.18. The van der Waals surface area contributed by atoms with Gasteiger partial charge in [-0.15, -0.1) is 0 Å². The van der Waals surface area contributed by atoms with E-state index in [1.807, 2.05) is 12.1 Å². The van der Waals surface area contributed by atoms with Gasteiger partial charge in [0, 0.05) is 23.7 Å². The van der Waals surface area contributed by atoms with Gasteiger partial charge in [0.1, 0.15) is 24.3 Å². The summed E-state index contributed by atoms with van der Waals surface area (Å²) in [5.74, 6) is 0.560. The predicted octanol–water partition coefficient (Wildman–Crippen LogP) is 2.61. The van der Waals surface area contributed by atoms with Crippen LogP contribution in [0.25, 0.3) is 11.3 Å². The Morgan fingerprint density at radius 1 is 1.17 bits per heavy atom. The van der Waals surface area contributed by atoms with E-state index in [0.717, 1.165) is 9.87 Å². The predicted molar refractivity (Wildman–Crippen MR) is 109 cm³/mol. The van der Waals surface area contributed by atoms with Gasteiger partial charge in [-0.05, 0) is 42.0 Å². The first-order valence-electron chi connectivity index (χ1n) is 8.66. The van der Waals surface area contributed by atoms with Crippen molar-refractivity contribution in [2.45, 2.75) is 6.10 Å². The van der Waals surface area contributed by atoms with E-state index in [1.54, 1.807) is 36.4 Å². The Kier molecular flexibility index (Phi) is 6.88. The third-order valence-corrected chi connectivity index (χ3v) is 5.49. The van der Waals surface area contributed by atoms with Crippen molar-refractivity contribution in [3.8, 4) is 17.0 Å². The standard InChI is InChI=1S/C19H20ClN3O5S/c20-16-5-1-15(2-6-16)19(24)11-23(29(21,25)26)9-10-28-17-7-3-14(4-8-17)18-12-27-13-22-18/h1-8,12-13,19,24H,9-11H2,(H2,21,25,26)/t19-/m0/s1. The minimum atomic E-state index is -4.02. The van der Waals surface area contributed by atoms with Crippen LogP contribution >= 0.6 is 11.6 Å². The molecule has 0 saturated heterocycles. The number of benzene rings is 2. The second-order valence-corrected chi connectivity index (χ2v) is 8.20. The van der Waals surface area contributed by atoms with Crippen LogP contribution < -0.4 is 9.88 Å². The Bertz CT molecular complexity index is 1010. The Balaban J connectivity index is 1.57. The summed E-state index contributed by atoms with van der Waals surface area (Å²) in [6.07, 6.45) is 1.83. The molecule has 0 radical (unpaired) electrons. The second-order valence-electron chi connectivity index (χ2n) is 6.22. The molecule has 0 amide bonds. The fourth-order valence-electron chi connectivity index (χ4n) is 2.65. The molecule has 2 aromatic carbocycles. The molecule has 1 heterocycles. The maximum atomic E-state index is 11.9. The van der Waals surface area contributed by atoms with E-state index in [-0.39, 0.29) is 19.7 Å². The normalized spacial score (nSPS) is 12.8. The summed E-state index contributed by atoms with van der Waals surface area (Å²) in [5.41, 5.74) is 2.10. The van der Waals surface area contributed by atoms with Gasteiger partial charge in [-0.3, -0.25) is 0 Å². The number of rotatable bonds is 9. The molecular formula is C19H20ClN3O5S. The fourth-order valence-corrected chi connectivity index (χ4v) is 3.45. The van der Waals surface area contributed by atoms with Gasteiger partial charge in [0.15, 0.2) is 6.39 Å². The molecule has 8 nitrogen and oxygen atoms in total. The van der Waals surface area contributed by atoms with Gasteiger partial charge in [-0.2, -0.15) is 12.7 Å². The fraction of sp³-hybridized carbons (Fsp3) is 0.211. The van der Waals surface area contributed by atoms with Crippen LogP contribution in [0.4, 0.5) is 0 Å². The molecule has 3 N–H and O–H groups in total. The van der Waals surface area contributed by atoms with Crippen molar-refractivity contribution in [3.05, 3.63) is 71.8 Å². The van der Waals surface area contributed by atoms with Crippen LogP contribution in [-0.2, 0) is 10.2 Å². The summed E-state index contributed by atoms with van der Waals surface area (Å²) in [5, 5.41) is 16.1. The van der Waals surface area contributed by atoms with Crippen molar-refractivity contribution in [2.75, 3.05) is 19.7 Å². The quantitative estimate of drug-likeness (QED) is 0.531. The molecule has 29 heavy (non-hydrogen) atoms. The number of aliphatic hydroxyl groups is 1. The van der Waals surface area contributed by atoms with Crippen molar-refractivity contribution < 1.29 is 22.7 Å². The molecule has 0 unspecified atom stereocenters. The van der Waals surface area contributed by atoms with Crippen LogP contribution in [-0.4, -0.2) is 42.5 Å². The number of hydrogen-bond donors (Lipinski definition) is 2. The van der Waals surface area contributed by atoms with Crippen LogP contribution in [0.5, 0.6) is 5.75 Å². The van der Waals surface area contributed by atoms with Crippen molar-refractivity contribution in [3.63, 3.8) is 0 Å². The van der Waals surface area contributed by atoms with Crippen LogP contribution in [0, 0.1) is 0 Å². The number of aromatic nitrogens is 1. The van der Waals surface area contributed by atoms with Crippen molar-refractivity contribution in [1.82, 2.24) is 9.29 Å². The van der Waals surface area contributed by atoms with E-state index in [1.165, 1.54) is 12.7 Å². The van der Waals surface area contributed by atoms with Crippen LogP contribution in [0.2, 0.25) is 5.02 Å². The van der Waals surface area contributed by atoms with Gasteiger partial charge in [0.25, 0.3) is 10.2 Å². The van der Waals surface area contributed by atoms with E-state index in [0.29, 0.717) is 22.0 Å². The lowest BCUT2D eigenvalue weighted by Crippen LogP contribution is -2.41. The highest BCUT2D eigenvalue weighted by atomic mass is 35.5. The number of aliphatic hydroxyl groups excluding tert-OH is 1. The van der Waals surface area contributed by atoms with E-state index in [2.05, 4.69) is 4.98 Å². The Hall–Kier alpha value is -2.43. The van der Waals surface area contributed by atoms with E-state index in [9.17, 15) is 13.5 Å². The number of nitrogens with zero attached hydrogens (tertiary/aromatic N) is 2. The van der Waals surface area contributed by atoms with Crippen molar-refractivity contribution in [2.24, 2.45) is 5.14 Å². The first-order valence-corrected chi connectivity index (χ1v) is 10.5. The molecule has 1 atom stereocenters. The monoisotopic (exact) mass is 437 g/mol. The van der Waals surface area contributed by atoms with Gasteiger partial charge in [0.05, 0.1) is 6.10 Å². The van der Waals surface area contributed by atoms with Gasteiger partial charge in [-0.25, -0.2) is 10.1 Å². The van der Waals surface area contributed by atoms with Crippen molar-refractivity contribution >= 4 is 21.8 Å². The highest BCUT2D eigenvalue weighted by Crippen LogP contribution is 2.21. The maximum absolute atomic E-state index is 11.9. The highest BCUT2D eigenvalue weighted by molar-refractivity contribution is 7.86. The average molecular weight is 438 g/mol. The Labute approximate surface area is 173 Å². The summed E-state index contributed by atoms with van der Waals surface area (Å²) in [6, 6.07) is 13.6. The topological polar surface area (TPSA) is 119 Å². The SMILES string of the molecule is NS(=O)(=O)N(CCOc1ccc(-c2cocn2)cc1)C[C@H](O)c1ccc(Cl)cc1. The zero-order valence-corrected chi connectivity index (χ0v) is 16.9. The second kappa shape index (κ2) is 9.38. The minimum absolute atomic E-state index is 0.0193. The lowest BCUT2D eigenvalue weighted by Gasteiger charge is -2.23. The number of ether oxygens (including phenoxy) is 1. The molecule has 0 spiro atoms. The van der Waals surface area contributed by atoms with Gasteiger partial charge in [-0.1, -0.05) is 23.7 Å². The molecule has 0 fully saturated rings. The van der Waals surface area contributed by atoms with Crippen molar-refractivity contribution in [1.29, 1.82) is 0 Å². The molecule has 0 aliphatic rings. The van der Waals surface area contributed by atoms with E-state index >= 15 is 0 Å². The summed E-state index contributed by atoms with van der Waals surface area (Å²) in [4.78, 5) is 4.06. The molecule has 10 heteroatoms. The van der Waals surface area contributed by atoms with Crippen LogP contribution in [0.1, 0.15) is 11.7 Å².